The molecule has 2 rings (SSSR count). The molecule has 0 amide bonds. The van der Waals surface area contributed by atoms with E-state index in [0.29, 0.717) is 19.5 Å². The number of hydrogen-bond donors (Lipinski definition) is 3. The second-order valence-electron chi connectivity index (χ2n) is 5.16. The van der Waals surface area contributed by atoms with Crippen LogP contribution >= 0.6 is 0 Å². The normalized spacial score (nSPS) is 12.2. The molecule has 0 bridgehead atoms. The Balaban J connectivity index is 1.98. The lowest BCUT2D eigenvalue weighted by Crippen LogP contribution is -2.13. The van der Waals surface area contributed by atoms with Gasteiger partial charge in [0.2, 0.25) is 10.0 Å². The minimum atomic E-state index is -3.67. The average Bonchev–Trinajstić information content (AvgIpc) is 2.58. The van der Waals surface area contributed by atoms with E-state index in [1.165, 1.54) is 12.1 Å². The topological polar surface area (TPSA) is 105 Å². The van der Waals surface area contributed by atoms with Crippen LogP contribution in [0.25, 0.3) is 0 Å². The maximum absolute atomic E-state index is 11.2. The Kier molecular flexibility index (Phi) is 6.48. The van der Waals surface area contributed by atoms with Crippen molar-refractivity contribution in [2.75, 3.05) is 25.0 Å². The van der Waals surface area contributed by atoms with Crippen molar-refractivity contribution in [3.8, 4) is 0 Å². The van der Waals surface area contributed by atoms with Crippen molar-refractivity contribution in [3.63, 3.8) is 0 Å². The summed E-state index contributed by atoms with van der Waals surface area (Å²) in [6, 6.07) is 16.1. The molecule has 0 aliphatic heterocycles. The molecule has 0 saturated heterocycles. The Bertz CT molecular complexity index is 772. The Hall–Kier alpha value is -2.22. The lowest BCUT2D eigenvalue weighted by atomic mass is 10.1. The van der Waals surface area contributed by atoms with E-state index in [0.717, 1.165) is 17.0 Å². The van der Waals surface area contributed by atoms with Crippen LogP contribution in [0.15, 0.2) is 64.5 Å². The van der Waals surface area contributed by atoms with Gasteiger partial charge in [0.25, 0.3) is 0 Å². The van der Waals surface area contributed by atoms with Crippen LogP contribution in [-0.2, 0) is 10.0 Å². The Morgan fingerprint density at radius 1 is 1.08 bits per heavy atom. The highest BCUT2D eigenvalue weighted by Crippen LogP contribution is 2.13. The van der Waals surface area contributed by atoms with Gasteiger partial charge in [-0.25, -0.2) is 13.6 Å². The van der Waals surface area contributed by atoms with Gasteiger partial charge in [-0.2, -0.15) is 0 Å². The summed E-state index contributed by atoms with van der Waals surface area (Å²) in [5.41, 5.74) is 2.74. The van der Waals surface area contributed by atoms with Crippen LogP contribution in [0.1, 0.15) is 12.0 Å². The van der Waals surface area contributed by atoms with Crippen molar-refractivity contribution < 1.29 is 13.5 Å². The summed E-state index contributed by atoms with van der Waals surface area (Å²) in [5, 5.41) is 17.3. The molecule has 0 spiro atoms. The lowest BCUT2D eigenvalue weighted by Gasteiger charge is -2.10. The largest absolute Gasteiger partial charge is 0.394 e. The zero-order chi connectivity index (χ0) is 17.4. The average molecular weight is 347 g/mol. The van der Waals surface area contributed by atoms with Gasteiger partial charge in [0.1, 0.15) is 0 Å². The molecule has 0 atom stereocenters. The first-order chi connectivity index (χ1) is 11.5. The fourth-order valence-electron chi connectivity index (χ4n) is 2.22. The minimum absolute atomic E-state index is 0.0127. The monoisotopic (exact) mass is 347 g/mol. The maximum atomic E-state index is 11.2. The van der Waals surface area contributed by atoms with E-state index in [1.807, 2.05) is 30.3 Å². The zero-order valence-corrected chi connectivity index (χ0v) is 14.0. The molecule has 0 fully saturated rings. The van der Waals surface area contributed by atoms with Gasteiger partial charge in [0, 0.05) is 24.4 Å². The van der Waals surface area contributed by atoms with Crippen molar-refractivity contribution in [1.29, 1.82) is 0 Å². The highest BCUT2D eigenvalue weighted by atomic mass is 32.2. The number of aliphatic imine (C=N–C) groups is 1. The van der Waals surface area contributed by atoms with E-state index in [-0.39, 0.29) is 11.5 Å². The molecule has 4 N–H and O–H groups in total. The van der Waals surface area contributed by atoms with Crippen LogP contribution in [0.4, 0.5) is 5.69 Å². The second kappa shape index (κ2) is 8.58. The molecule has 0 heterocycles. The molecule has 0 aliphatic rings. The van der Waals surface area contributed by atoms with Crippen LogP contribution in [0, 0.1) is 0 Å². The number of primary sulfonamides is 1. The minimum Gasteiger partial charge on any atom is -0.394 e. The molecule has 2 aromatic carbocycles. The smallest absolute Gasteiger partial charge is 0.238 e. The third-order valence-corrected chi connectivity index (χ3v) is 4.31. The number of anilines is 1. The van der Waals surface area contributed by atoms with Crippen molar-refractivity contribution in [3.05, 3.63) is 60.2 Å². The number of nitrogens with one attached hydrogen (secondary N) is 1. The number of sulfonamides is 1. The van der Waals surface area contributed by atoms with E-state index in [4.69, 9.17) is 10.2 Å². The molecule has 0 aliphatic carbocycles. The molecule has 0 saturated carbocycles. The van der Waals surface area contributed by atoms with E-state index in [9.17, 15) is 8.42 Å². The Labute approximate surface area is 142 Å². The summed E-state index contributed by atoms with van der Waals surface area (Å²) in [6.45, 7) is 1.01. The van der Waals surface area contributed by atoms with Crippen LogP contribution in [-0.4, -0.2) is 38.9 Å². The molecule has 2 aromatic rings. The summed E-state index contributed by atoms with van der Waals surface area (Å²) < 4.78 is 22.5. The zero-order valence-electron chi connectivity index (χ0n) is 13.2. The summed E-state index contributed by atoms with van der Waals surface area (Å²) in [7, 11) is -3.67. The lowest BCUT2D eigenvalue weighted by molar-refractivity contribution is 0.307. The second-order valence-corrected chi connectivity index (χ2v) is 6.73. The fourth-order valence-corrected chi connectivity index (χ4v) is 2.73. The molecule has 0 radical (unpaired) electrons. The molecule has 0 aromatic heterocycles. The predicted molar refractivity (Wildman–Crippen MR) is 95.9 cm³/mol. The summed E-state index contributed by atoms with van der Waals surface area (Å²) in [6.07, 6.45) is 0.682. The van der Waals surface area contributed by atoms with Crippen LogP contribution in [0.2, 0.25) is 0 Å². The van der Waals surface area contributed by atoms with Gasteiger partial charge in [-0.05, 0) is 29.8 Å². The van der Waals surface area contributed by atoms with Gasteiger partial charge in [-0.15, -0.1) is 0 Å². The van der Waals surface area contributed by atoms with Crippen LogP contribution < -0.4 is 10.5 Å². The maximum Gasteiger partial charge on any atom is 0.238 e. The van der Waals surface area contributed by atoms with Crippen molar-refractivity contribution >= 4 is 21.4 Å². The number of hydrogen-bond acceptors (Lipinski definition) is 5. The third-order valence-electron chi connectivity index (χ3n) is 3.38. The van der Waals surface area contributed by atoms with E-state index in [1.54, 1.807) is 12.1 Å². The summed E-state index contributed by atoms with van der Waals surface area (Å²) in [4.78, 5) is 4.51. The first kappa shape index (κ1) is 18.1. The highest BCUT2D eigenvalue weighted by molar-refractivity contribution is 7.89. The van der Waals surface area contributed by atoms with Crippen LogP contribution in [0.3, 0.4) is 0 Å². The number of aliphatic hydroxyl groups is 1. The van der Waals surface area contributed by atoms with E-state index >= 15 is 0 Å². The summed E-state index contributed by atoms with van der Waals surface area (Å²) >= 11 is 0. The predicted octanol–water partition coefficient (Wildman–Crippen LogP) is 1.62. The van der Waals surface area contributed by atoms with Gasteiger partial charge >= 0.3 is 0 Å². The molecular formula is C17H21N3O3S. The molecule has 6 nitrogen and oxygen atoms in total. The van der Waals surface area contributed by atoms with Crippen molar-refractivity contribution in [2.45, 2.75) is 11.3 Å². The Morgan fingerprint density at radius 2 is 1.75 bits per heavy atom. The first-order valence-electron chi connectivity index (χ1n) is 7.57. The standard InChI is InChI=1S/C17H21N3O3S/c18-24(22,23)16-8-6-15(7-9-16)19-11-10-17(20-12-13-21)14-4-2-1-3-5-14/h1-9,19,21H,10-13H2,(H2,18,22,23). The third kappa shape index (κ3) is 5.45. The van der Waals surface area contributed by atoms with Gasteiger partial charge in [0.15, 0.2) is 0 Å². The molecule has 7 heteroatoms. The number of benzene rings is 2. The van der Waals surface area contributed by atoms with Crippen molar-refractivity contribution in [1.82, 2.24) is 0 Å². The fraction of sp³-hybridized carbons (Fsp3) is 0.235. The van der Waals surface area contributed by atoms with E-state index in [2.05, 4.69) is 10.3 Å². The van der Waals surface area contributed by atoms with Crippen molar-refractivity contribution in [2.24, 2.45) is 10.1 Å². The first-order valence-corrected chi connectivity index (χ1v) is 9.11. The molecule has 0 unspecified atom stereocenters. The SMILES string of the molecule is NS(=O)(=O)c1ccc(NCCC(=NCCO)c2ccccc2)cc1. The Morgan fingerprint density at radius 3 is 2.33 bits per heavy atom. The molecule has 128 valence electrons. The number of nitrogens with two attached hydrogens (primary N) is 1. The quantitative estimate of drug-likeness (QED) is 0.631. The highest BCUT2D eigenvalue weighted by Gasteiger charge is 2.07. The number of aliphatic hydroxyl groups excluding tert-OH is 1. The van der Waals surface area contributed by atoms with Gasteiger partial charge in [-0.1, -0.05) is 30.3 Å². The summed E-state index contributed by atoms with van der Waals surface area (Å²) in [5.74, 6) is 0. The van der Waals surface area contributed by atoms with Gasteiger partial charge < -0.3 is 10.4 Å². The molecule has 24 heavy (non-hydrogen) atoms. The number of rotatable bonds is 8. The van der Waals surface area contributed by atoms with E-state index < -0.39 is 10.0 Å². The molecular weight excluding hydrogens is 326 g/mol. The van der Waals surface area contributed by atoms with Crippen LogP contribution in [0.5, 0.6) is 0 Å². The number of nitrogens with zero attached hydrogens (tertiary/aromatic N) is 1. The van der Waals surface area contributed by atoms with Gasteiger partial charge in [0.05, 0.1) is 18.0 Å². The van der Waals surface area contributed by atoms with Gasteiger partial charge in [-0.3, -0.25) is 4.99 Å².